The van der Waals surface area contributed by atoms with Gasteiger partial charge in [-0.15, -0.1) is 11.8 Å². The molecule has 1 aromatic carbocycles. The third-order valence-electron chi connectivity index (χ3n) is 2.32. The zero-order chi connectivity index (χ0) is 12.0. The highest BCUT2D eigenvalue weighted by Crippen LogP contribution is 2.32. The first-order valence-electron chi connectivity index (χ1n) is 5.50. The number of unbranched alkanes of at least 4 members (excludes halogenated alkanes) is 1. The number of rotatable bonds is 6. The SMILES string of the molecule is CCSc1c(Cl)ccc(CCCCN)c1F. The summed E-state index contributed by atoms with van der Waals surface area (Å²) in [5.74, 6) is 0.666. The Bertz CT molecular complexity index is 344. The standard InChI is InChI=1S/C12H17ClFNS/c1-2-16-12-10(13)7-6-9(11(12)14)5-3-4-8-15/h6-7H,2-5,8,15H2,1H3. The van der Waals surface area contributed by atoms with E-state index < -0.39 is 0 Å². The van der Waals surface area contributed by atoms with E-state index in [9.17, 15) is 4.39 Å². The monoisotopic (exact) mass is 261 g/mol. The van der Waals surface area contributed by atoms with E-state index in [-0.39, 0.29) is 5.82 Å². The summed E-state index contributed by atoms with van der Waals surface area (Å²) in [5.41, 5.74) is 6.16. The zero-order valence-electron chi connectivity index (χ0n) is 9.43. The third-order valence-corrected chi connectivity index (χ3v) is 3.72. The van der Waals surface area contributed by atoms with E-state index in [1.807, 2.05) is 6.92 Å². The van der Waals surface area contributed by atoms with Gasteiger partial charge in [0, 0.05) is 0 Å². The van der Waals surface area contributed by atoms with Crippen molar-refractivity contribution >= 4 is 23.4 Å². The Morgan fingerprint density at radius 1 is 1.38 bits per heavy atom. The zero-order valence-corrected chi connectivity index (χ0v) is 11.0. The molecule has 0 saturated heterocycles. The summed E-state index contributed by atoms with van der Waals surface area (Å²) in [5, 5.41) is 0.506. The van der Waals surface area contributed by atoms with Gasteiger partial charge in [-0.3, -0.25) is 0 Å². The Labute approximate surface area is 106 Å². The van der Waals surface area contributed by atoms with Crippen molar-refractivity contribution < 1.29 is 4.39 Å². The van der Waals surface area contributed by atoms with Crippen molar-refractivity contribution in [2.75, 3.05) is 12.3 Å². The second-order valence-electron chi connectivity index (χ2n) is 3.53. The molecule has 4 heteroatoms. The summed E-state index contributed by atoms with van der Waals surface area (Å²) in [6, 6.07) is 3.55. The van der Waals surface area contributed by atoms with Crippen LogP contribution in [0.25, 0.3) is 0 Å². The first-order valence-corrected chi connectivity index (χ1v) is 6.86. The van der Waals surface area contributed by atoms with Crippen molar-refractivity contribution in [2.24, 2.45) is 5.73 Å². The van der Waals surface area contributed by atoms with Gasteiger partial charge in [0.05, 0.1) is 9.92 Å². The molecule has 0 radical (unpaired) electrons. The second-order valence-corrected chi connectivity index (χ2v) is 5.21. The van der Waals surface area contributed by atoms with Gasteiger partial charge in [0.2, 0.25) is 0 Å². The molecule has 0 aliphatic heterocycles. The minimum absolute atomic E-state index is 0.156. The lowest BCUT2D eigenvalue weighted by Gasteiger charge is -2.09. The van der Waals surface area contributed by atoms with E-state index in [0.29, 0.717) is 16.5 Å². The van der Waals surface area contributed by atoms with Crippen molar-refractivity contribution in [2.45, 2.75) is 31.1 Å². The number of aryl methyl sites for hydroxylation is 1. The fourth-order valence-electron chi connectivity index (χ4n) is 1.50. The quantitative estimate of drug-likeness (QED) is 0.621. The van der Waals surface area contributed by atoms with E-state index in [4.69, 9.17) is 17.3 Å². The highest BCUT2D eigenvalue weighted by atomic mass is 35.5. The fourth-order valence-corrected chi connectivity index (χ4v) is 2.56. The van der Waals surface area contributed by atoms with Gasteiger partial charge in [0.15, 0.2) is 0 Å². The molecule has 0 heterocycles. The van der Waals surface area contributed by atoms with Crippen molar-refractivity contribution in [1.29, 1.82) is 0 Å². The largest absolute Gasteiger partial charge is 0.330 e. The van der Waals surface area contributed by atoms with E-state index in [0.717, 1.165) is 30.6 Å². The Kier molecular flexibility index (Phi) is 6.17. The normalized spacial score (nSPS) is 10.8. The molecular weight excluding hydrogens is 245 g/mol. The maximum absolute atomic E-state index is 14.0. The summed E-state index contributed by atoms with van der Waals surface area (Å²) in [4.78, 5) is 0.578. The number of thioether (sulfide) groups is 1. The third kappa shape index (κ3) is 3.65. The Balaban J connectivity index is 2.81. The Hall–Kier alpha value is -0.250. The molecule has 0 spiro atoms. The number of halogens is 2. The average Bonchev–Trinajstić information content (AvgIpc) is 2.28. The maximum atomic E-state index is 14.0. The van der Waals surface area contributed by atoms with Crippen LogP contribution in [0.4, 0.5) is 4.39 Å². The van der Waals surface area contributed by atoms with Crippen LogP contribution in [0.1, 0.15) is 25.3 Å². The molecule has 2 N–H and O–H groups in total. The molecule has 0 aromatic heterocycles. The smallest absolute Gasteiger partial charge is 0.141 e. The van der Waals surface area contributed by atoms with Crippen LogP contribution in [-0.2, 0) is 6.42 Å². The topological polar surface area (TPSA) is 26.0 Å². The van der Waals surface area contributed by atoms with Gasteiger partial charge in [-0.05, 0) is 43.2 Å². The lowest BCUT2D eigenvalue weighted by atomic mass is 10.1. The highest BCUT2D eigenvalue weighted by molar-refractivity contribution is 7.99. The van der Waals surface area contributed by atoms with Crippen LogP contribution in [0, 0.1) is 5.82 Å². The van der Waals surface area contributed by atoms with Gasteiger partial charge >= 0.3 is 0 Å². The van der Waals surface area contributed by atoms with Crippen LogP contribution >= 0.6 is 23.4 Å². The summed E-state index contributed by atoms with van der Waals surface area (Å²) < 4.78 is 14.0. The van der Waals surface area contributed by atoms with Gasteiger partial charge in [-0.2, -0.15) is 0 Å². The summed E-state index contributed by atoms with van der Waals surface area (Å²) in [7, 11) is 0. The molecular formula is C12H17ClFNS. The Morgan fingerprint density at radius 2 is 2.12 bits per heavy atom. The van der Waals surface area contributed by atoms with Crippen molar-refractivity contribution in [3.63, 3.8) is 0 Å². The van der Waals surface area contributed by atoms with Crippen LogP contribution in [0.5, 0.6) is 0 Å². The molecule has 1 aromatic rings. The molecule has 0 aliphatic carbocycles. The second kappa shape index (κ2) is 7.15. The average molecular weight is 262 g/mol. The van der Waals surface area contributed by atoms with Gasteiger partial charge < -0.3 is 5.73 Å². The molecule has 0 bridgehead atoms. The van der Waals surface area contributed by atoms with Gasteiger partial charge in [-0.25, -0.2) is 4.39 Å². The minimum Gasteiger partial charge on any atom is -0.330 e. The molecule has 16 heavy (non-hydrogen) atoms. The molecule has 0 fully saturated rings. The lowest BCUT2D eigenvalue weighted by Crippen LogP contribution is -2.00. The molecule has 0 saturated carbocycles. The molecule has 0 amide bonds. The van der Waals surface area contributed by atoms with Crippen LogP contribution in [0.15, 0.2) is 17.0 Å². The van der Waals surface area contributed by atoms with Crippen LogP contribution in [0.2, 0.25) is 5.02 Å². The summed E-state index contributed by atoms with van der Waals surface area (Å²) in [6.45, 7) is 2.65. The van der Waals surface area contributed by atoms with E-state index in [1.165, 1.54) is 11.8 Å². The van der Waals surface area contributed by atoms with Gasteiger partial charge in [0.1, 0.15) is 5.82 Å². The Morgan fingerprint density at radius 3 is 2.75 bits per heavy atom. The highest BCUT2D eigenvalue weighted by Gasteiger charge is 2.11. The summed E-state index contributed by atoms with van der Waals surface area (Å²) >= 11 is 7.41. The van der Waals surface area contributed by atoms with Crippen LogP contribution < -0.4 is 5.73 Å². The molecule has 90 valence electrons. The van der Waals surface area contributed by atoms with Crippen LogP contribution in [-0.4, -0.2) is 12.3 Å². The van der Waals surface area contributed by atoms with Crippen molar-refractivity contribution in [3.05, 3.63) is 28.5 Å². The molecule has 1 nitrogen and oxygen atoms in total. The first-order chi connectivity index (χ1) is 7.70. The van der Waals surface area contributed by atoms with E-state index >= 15 is 0 Å². The molecule has 1 rings (SSSR count). The predicted octanol–water partition coefficient (Wildman–Crippen LogP) is 3.87. The van der Waals surface area contributed by atoms with Gasteiger partial charge in [0.25, 0.3) is 0 Å². The lowest BCUT2D eigenvalue weighted by molar-refractivity contribution is 0.577. The van der Waals surface area contributed by atoms with Gasteiger partial charge in [-0.1, -0.05) is 24.6 Å². The van der Waals surface area contributed by atoms with Crippen molar-refractivity contribution in [3.8, 4) is 0 Å². The predicted molar refractivity (Wildman–Crippen MR) is 69.8 cm³/mol. The molecule has 0 aliphatic rings. The number of benzene rings is 1. The fraction of sp³-hybridized carbons (Fsp3) is 0.500. The number of hydrogen-bond donors (Lipinski definition) is 1. The molecule has 0 atom stereocenters. The number of hydrogen-bond acceptors (Lipinski definition) is 2. The van der Waals surface area contributed by atoms with E-state index in [1.54, 1.807) is 12.1 Å². The maximum Gasteiger partial charge on any atom is 0.141 e. The summed E-state index contributed by atoms with van der Waals surface area (Å²) in [6.07, 6.45) is 2.58. The molecule has 0 unspecified atom stereocenters. The van der Waals surface area contributed by atoms with Crippen molar-refractivity contribution in [1.82, 2.24) is 0 Å². The van der Waals surface area contributed by atoms with E-state index in [2.05, 4.69) is 0 Å². The van der Waals surface area contributed by atoms with Crippen LogP contribution in [0.3, 0.4) is 0 Å². The number of nitrogens with two attached hydrogens (primary N) is 1. The first kappa shape index (κ1) is 13.8. The minimum atomic E-state index is -0.156.